The Morgan fingerprint density at radius 2 is 1.80 bits per heavy atom. The minimum atomic E-state index is 0.326. The molecule has 1 aromatic rings. The van der Waals surface area contributed by atoms with Crippen molar-refractivity contribution in [1.29, 1.82) is 0 Å². The summed E-state index contributed by atoms with van der Waals surface area (Å²) in [7, 11) is 0. The molecule has 0 aliphatic heterocycles. The van der Waals surface area contributed by atoms with Gasteiger partial charge in [-0.15, -0.1) is 0 Å². The zero-order valence-corrected chi connectivity index (χ0v) is 12.7. The predicted octanol–water partition coefficient (Wildman–Crippen LogP) is 3.25. The van der Waals surface area contributed by atoms with Gasteiger partial charge in [0.15, 0.2) is 0 Å². The summed E-state index contributed by atoms with van der Waals surface area (Å²) in [6, 6.07) is 10.3. The molecule has 1 aliphatic carbocycles. The maximum Gasteiger partial charge on any atom is 0.209 e. The van der Waals surface area contributed by atoms with Crippen LogP contribution < -0.4 is 0 Å². The van der Waals surface area contributed by atoms with Crippen LogP contribution >= 0.6 is 0 Å². The number of carbonyl (C=O) groups is 2. The third-order valence-electron chi connectivity index (χ3n) is 3.74. The van der Waals surface area contributed by atoms with Crippen molar-refractivity contribution in [3.8, 4) is 0 Å². The first-order valence-electron chi connectivity index (χ1n) is 7.44. The Morgan fingerprint density at radius 3 is 2.20 bits per heavy atom. The van der Waals surface area contributed by atoms with E-state index < -0.39 is 0 Å². The highest BCUT2D eigenvalue weighted by molar-refractivity contribution is 5.84. The van der Waals surface area contributed by atoms with Gasteiger partial charge in [0, 0.05) is 25.4 Å². The topological polar surface area (TPSA) is 37.4 Å². The van der Waals surface area contributed by atoms with Gasteiger partial charge in [-0.3, -0.25) is 9.59 Å². The Labute approximate surface area is 122 Å². The number of nitrogens with zero attached hydrogens (tertiary/aromatic N) is 1. The van der Waals surface area contributed by atoms with Gasteiger partial charge in [0.1, 0.15) is 5.78 Å². The molecular formula is C17H25NO2. The highest BCUT2D eigenvalue weighted by atomic mass is 16.1. The molecule has 1 saturated carbocycles. The molecule has 0 saturated heterocycles. The van der Waals surface area contributed by atoms with Crippen LogP contribution in [0.2, 0.25) is 0 Å². The Hall–Kier alpha value is -1.64. The molecule has 0 spiro atoms. The van der Waals surface area contributed by atoms with Crippen LogP contribution in [0, 0.1) is 5.92 Å². The van der Waals surface area contributed by atoms with E-state index in [9.17, 15) is 9.59 Å². The van der Waals surface area contributed by atoms with Gasteiger partial charge in [-0.2, -0.15) is 0 Å². The summed E-state index contributed by atoms with van der Waals surface area (Å²) in [6.07, 6.45) is 2.62. The normalized spacial score (nSPS) is 19.6. The summed E-state index contributed by atoms with van der Waals surface area (Å²) in [4.78, 5) is 22.9. The number of hydrogen-bond donors (Lipinski definition) is 0. The van der Waals surface area contributed by atoms with E-state index in [1.54, 1.807) is 4.90 Å². The molecule has 1 aliphatic rings. The first-order chi connectivity index (χ1) is 9.67. The molecule has 1 amide bonds. The molecule has 0 radical (unpaired) electrons. The maximum absolute atomic E-state index is 11.4. The molecule has 20 heavy (non-hydrogen) atoms. The van der Waals surface area contributed by atoms with Crippen LogP contribution in [0.15, 0.2) is 30.3 Å². The predicted molar refractivity (Wildman–Crippen MR) is 81.6 cm³/mol. The number of benzene rings is 1. The number of amides is 1. The summed E-state index contributed by atoms with van der Waals surface area (Å²) < 4.78 is 0. The van der Waals surface area contributed by atoms with Crippen molar-refractivity contribution >= 4 is 12.2 Å². The van der Waals surface area contributed by atoms with Gasteiger partial charge in [-0.25, -0.2) is 0 Å². The van der Waals surface area contributed by atoms with Crippen molar-refractivity contribution in [2.45, 2.75) is 39.5 Å². The second kappa shape index (κ2) is 8.51. The Bertz CT molecular complexity index is 412. The zero-order chi connectivity index (χ0) is 15.0. The molecule has 3 nitrogen and oxygen atoms in total. The second-order valence-electron chi connectivity index (χ2n) is 5.01. The van der Waals surface area contributed by atoms with E-state index in [1.807, 2.05) is 39.0 Å². The number of ketones is 1. The summed E-state index contributed by atoms with van der Waals surface area (Å²) in [6.45, 7) is 7.50. The number of rotatable bonds is 6. The molecule has 0 unspecified atom stereocenters. The average Bonchev–Trinajstić information content (AvgIpc) is 3.30. The molecule has 2 rings (SSSR count). The lowest BCUT2D eigenvalue weighted by molar-refractivity contribution is -0.120. The molecule has 110 valence electrons. The molecule has 0 aromatic heterocycles. The first kappa shape index (κ1) is 16.4. The van der Waals surface area contributed by atoms with Crippen molar-refractivity contribution in [1.82, 2.24) is 4.90 Å². The van der Waals surface area contributed by atoms with Crippen molar-refractivity contribution in [2.75, 3.05) is 13.1 Å². The quantitative estimate of drug-likeness (QED) is 0.747. The number of carbonyl (C=O) groups excluding carboxylic acids is 2. The minimum absolute atomic E-state index is 0.326. The van der Waals surface area contributed by atoms with Crippen molar-refractivity contribution in [3.63, 3.8) is 0 Å². The van der Waals surface area contributed by atoms with Crippen molar-refractivity contribution in [2.24, 2.45) is 5.92 Å². The summed E-state index contributed by atoms with van der Waals surface area (Å²) >= 11 is 0. The highest BCUT2D eigenvalue weighted by Crippen LogP contribution is 2.48. The van der Waals surface area contributed by atoms with Crippen LogP contribution in [0.5, 0.6) is 0 Å². The molecule has 3 heteroatoms. The van der Waals surface area contributed by atoms with Gasteiger partial charge in [0.25, 0.3) is 0 Å². The Kier molecular flexibility index (Phi) is 6.99. The van der Waals surface area contributed by atoms with Crippen molar-refractivity contribution in [3.05, 3.63) is 35.9 Å². The van der Waals surface area contributed by atoms with Gasteiger partial charge < -0.3 is 4.90 Å². The van der Waals surface area contributed by atoms with Gasteiger partial charge >= 0.3 is 0 Å². The second-order valence-corrected chi connectivity index (χ2v) is 5.01. The van der Waals surface area contributed by atoms with E-state index >= 15 is 0 Å². The summed E-state index contributed by atoms with van der Waals surface area (Å²) in [5.41, 5.74) is 1.33. The fourth-order valence-electron chi connectivity index (χ4n) is 2.25. The van der Waals surface area contributed by atoms with E-state index in [1.165, 1.54) is 5.56 Å². The largest absolute Gasteiger partial charge is 0.346 e. The lowest BCUT2D eigenvalue weighted by Gasteiger charge is -2.08. The fraction of sp³-hybridized carbons (Fsp3) is 0.529. The van der Waals surface area contributed by atoms with Crippen LogP contribution in [0.25, 0.3) is 0 Å². The summed E-state index contributed by atoms with van der Waals surface area (Å²) in [5, 5.41) is 0. The standard InChI is InChI=1S/C12H14O.C5H11NO/c1-2-12(13)11-8-10(11)9-6-4-3-5-7-9;1-3-6(4-2)5-7/h3-7,10-11H,2,8H2,1H3;5H,3-4H2,1-2H3/t10-,11-;/m1./s1. The van der Waals surface area contributed by atoms with Crippen LogP contribution in [0.1, 0.15) is 45.1 Å². The monoisotopic (exact) mass is 275 g/mol. The third kappa shape index (κ3) is 4.80. The first-order valence-corrected chi connectivity index (χ1v) is 7.44. The van der Waals surface area contributed by atoms with Crippen LogP contribution in [-0.4, -0.2) is 30.2 Å². The van der Waals surface area contributed by atoms with E-state index in [-0.39, 0.29) is 0 Å². The van der Waals surface area contributed by atoms with E-state index in [4.69, 9.17) is 0 Å². The molecule has 1 fully saturated rings. The van der Waals surface area contributed by atoms with Crippen LogP contribution in [0.3, 0.4) is 0 Å². The SMILES string of the molecule is CCC(=O)[C@@H]1C[C@@H]1c1ccccc1.CCN(C=O)CC. The molecule has 0 bridgehead atoms. The lowest BCUT2D eigenvalue weighted by Crippen LogP contribution is -2.19. The highest BCUT2D eigenvalue weighted by Gasteiger charge is 2.42. The Morgan fingerprint density at radius 1 is 1.20 bits per heavy atom. The van der Waals surface area contributed by atoms with Crippen LogP contribution in [-0.2, 0) is 9.59 Å². The molecule has 1 aromatic carbocycles. The third-order valence-corrected chi connectivity index (χ3v) is 3.74. The smallest absolute Gasteiger partial charge is 0.209 e. The van der Waals surface area contributed by atoms with Gasteiger partial charge in [-0.05, 0) is 31.7 Å². The molecule has 0 N–H and O–H groups in total. The lowest BCUT2D eigenvalue weighted by atomic mass is 10.1. The Balaban J connectivity index is 0.000000246. The molecular weight excluding hydrogens is 250 g/mol. The van der Waals surface area contributed by atoms with E-state index in [0.29, 0.717) is 24.0 Å². The maximum atomic E-state index is 11.4. The van der Waals surface area contributed by atoms with Crippen molar-refractivity contribution < 1.29 is 9.59 Å². The molecule has 0 heterocycles. The van der Waals surface area contributed by atoms with Crippen LogP contribution in [0.4, 0.5) is 0 Å². The van der Waals surface area contributed by atoms with E-state index in [0.717, 1.165) is 25.9 Å². The van der Waals surface area contributed by atoms with E-state index in [2.05, 4.69) is 12.1 Å². The number of hydrogen-bond acceptors (Lipinski definition) is 2. The van der Waals surface area contributed by atoms with Gasteiger partial charge in [0.2, 0.25) is 6.41 Å². The summed E-state index contributed by atoms with van der Waals surface area (Å²) in [5.74, 6) is 1.27. The average molecular weight is 275 g/mol. The minimum Gasteiger partial charge on any atom is -0.346 e. The number of Topliss-reactive ketones (excluding diaryl/α,β-unsaturated/α-hetero) is 1. The zero-order valence-electron chi connectivity index (χ0n) is 12.7. The van der Waals surface area contributed by atoms with Gasteiger partial charge in [-0.1, -0.05) is 37.3 Å². The molecule has 2 atom stereocenters. The fourth-order valence-corrected chi connectivity index (χ4v) is 2.25. The van der Waals surface area contributed by atoms with Gasteiger partial charge in [0.05, 0.1) is 0 Å².